The second-order valence-electron chi connectivity index (χ2n) is 6.35. The maximum Gasteiger partial charge on any atom is 0.270 e. The Morgan fingerprint density at radius 3 is 2.89 bits per heavy atom. The Balaban J connectivity index is 1.40. The quantitative estimate of drug-likeness (QED) is 0.711. The number of hydrogen-bond donors (Lipinski definition) is 1. The fraction of sp³-hybridized carbons (Fsp3) is 0.263. The predicted octanol–water partition coefficient (Wildman–Crippen LogP) is 3.61. The summed E-state index contributed by atoms with van der Waals surface area (Å²) in [6, 6.07) is 5.93. The van der Waals surface area contributed by atoms with Gasteiger partial charge in [0.05, 0.1) is 17.1 Å². The molecule has 0 bridgehead atoms. The molecule has 28 heavy (non-hydrogen) atoms. The average molecular weight is 399 g/mol. The molecule has 9 heteroatoms. The van der Waals surface area contributed by atoms with Gasteiger partial charge in [-0.1, -0.05) is 17.3 Å². The summed E-state index contributed by atoms with van der Waals surface area (Å²) < 4.78 is 14.9. The van der Waals surface area contributed by atoms with Gasteiger partial charge in [-0.15, -0.1) is 11.3 Å². The third kappa shape index (κ3) is 3.65. The fourth-order valence-electron chi connectivity index (χ4n) is 2.90. The number of thiazole rings is 1. The van der Waals surface area contributed by atoms with Gasteiger partial charge in [-0.2, -0.15) is 5.10 Å². The molecule has 7 nitrogen and oxygen atoms in total. The summed E-state index contributed by atoms with van der Waals surface area (Å²) >= 11 is 1.34. The van der Waals surface area contributed by atoms with Gasteiger partial charge in [0.25, 0.3) is 5.91 Å². The molecule has 4 rings (SSSR count). The largest absolute Gasteiger partial charge is 0.382 e. The maximum atomic E-state index is 13.0. The molecule has 0 fully saturated rings. The molecule has 3 aromatic rings. The molecule has 1 unspecified atom stereocenters. The van der Waals surface area contributed by atoms with E-state index in [9.17, 15) is 9.18 Å². The summed E-state index contributed by atoms with van der Waals surface area (Å²) in [6.07, 6.45) is 1.52. The SMILES string of the molecule is CCn1cc(-c2csc(NC(=O)C3CC(c4ccc(F)cc4)=NO3)n2)c(C)n1. The normalized spacial score (nSPS) is 16.0. The Hall–Kier alpha value is -3.07. The van der Waals surface area contributed by atoms with Crippen LogP contribution in [0.3, 0.4) is 0 Å². The number of nitrogens with one attached hydrogen (secondary N) is 1. The third-order valence-corrected chi connectivity index (χ3v) is 5.18. The van der Waals surface area contributed by atoms with Crippen LogP contribution in [0.5, 0.6) is 0 Å². The number of amides is 1. The lowest BCUT2D eigenvalue weighted by Gasteiger charge is -2.07. The van der Waals surface area contributed by atoms with E-state index < -0.39 is 6.10 Å². The van der Waals surface area contributed by atoms with E-state index in [0.29, 0.717) is 17.3 Å². The molecule has 1 aliphatic rings. The topological polar surface area (TPSA) is 81.4 Å². The maximum absolute atomic E-state index is 13.0. The van der Waals surface area contributed by atoms with Gasteiger partial charge in [0.15, 0.2) is 5.13 Å². The summed E-state index contributed by atoms with van der Waals surface area (Å²) in [5.74, 6) is -0.639. The molecule has 0 spiro atoms. The molecule has 1 aliphatic heterocycles. The summed E-state index contributed by atoms with van der Waals surface area (Å²) in [6.45, 7) is 4.73. The highest BCUT2D eigenvalue weighted by Gasteiger charge is 2.29. The Morgan fingerprint density at radius 2 is 2.18 bits per heavy atom. The highest BCUT2D eigenvalue weighted by atomic mass is 32.1. The number of anilines is 1. The van der Waals surface area contributed by atoms with Gasteiger partial charge in [0.1, 0.15) is 5.82 Å². The van der Waals surface area contributed by atoms with Crippen LogP contribution in [0.25, 0.3) is 11.3 Å². The molecule has 144 valence electrons. The number of rotatable bonds is 5. The van der Waals surface area contributed by atoms with E-state index in [1.807, 2.05) is 30.1 Å². The van der Waals surface area contributed by atoms with Gasteiger partial charge in [0, 0.05) is 30.1 Å². The Labute approximate surface area is 164 Å². The second-order valence-corrected chi connectivity index (χ2v) is 7.21. The van der Waals surface area contributed by atoms with Crippen LogP contribution in [0.4, 0.5) is 9.52 Å². The highest BCUT2D eigenvalue weighted by Crippen LogP contribution is 2.27. The summed E-state index contributed by atoms with van der Waals surface area (Å²) in [4.78, 5) is 22.2. The number of oxime groups is 1. The molecule has 1 amide bonds. The van der Waals surface area contributed by atoms with Gasteiger partial charge < -0.3 is 4.84 Å². The monoisotopic (exact) mass is 399 g/mol. The lowest BCUT2D eigenvalue weighted by Crippen LogP contribution is -2.28. The predicted molar refractivity (Wildman–Crippen MR) is 105 cm³/mol. The van der Waals surface area contributed by atoms with Gasteiger partial charge in [-0.25, -0.2) is 9.37 Å². The number of halogens is 1. The number of carbonyl (C=O) groups excluding carboxylic acids is 1. The van der Waals surface area contributed by atoms with Crippen molar-refractivity contribution in [2.45, 2.75) is 32.9 Å². The first-order valence-corrected chi connectivity index (χ1v) is 9.71. The van der Waals surface area contributed by atoms with E-state index in [1.165, 1.54) is 23.5 Å². The van der Waals surface area contributed by atoms with Crippen molar-refractivity contribution in [3.8, 4) is 11.3 Å². The van der Waals surface area contributed by atoms with Gasteiger partial charge >= 0.3 is 0 Å². The van der Waals surface area contributed by atoms with Crippen molar-refractivity contribution in [2.75, 3.05) is 5.32 Å². The van der Waals surface area contributed by atoms with Gasteiger partial charge in [0.2, 0.25) is 6.10 Å². The van der Waals surface area contributed by atoms with Crippen molar-refractivity contribution in [3.63, 3.8) is 0 Å². The van der Waals surface area contributed by atoms with Crippen LogP contribution >= 0.6 is 11.3 Å². The Kier molecular flexibility index (Phi) is 4.91. The van der Waals surface area contributed by atoms with E-state index in [2.05, 4.69) is 20.6 Å². The second kappa shape index (κ2) is 7.51. The van der Waals surface area contributed by atoms with Crippen molar-refractivity contribution in [1.82, 2.24) is 14.8 Å². The summed E-state index contributed by atoms with van der Waals surface area (Å²) in [5, 5.41) is 13.5. The van der Waals surface area contributed by atoms with Crippen molar-refractivity contribution in [2.24, 2.45) is 5.16 Å². The van der Waals surface area contributed by atoms with Crippen molar-refractivity contribution in [1.29, 1.82) is 0 Å². The molecule has 0 saturated heterocycles. The van der Waals surface area contributed by atoms with Crippen LogP contribution in [-0.2, 0) is 16.2 Å². The molecule has 0 saturated carbocycles. The minimum absolute atomic E-state index is 0.317. The first-order chi connectivity index (χ1) is 13.5. The minimum Gasteiger partial charge on any atom is -0.382 e. The molecule has 2 aromatic heterocycles. The fourth-order valence-corrected chi connectivity index (χ4v) is 3.62. The van der Waals surface area contributed by atoms with Crippen LogP contribution in [0.1, 0.15) is 24.6 Å². The number of hydrogen-bond acceptors (Lipinski definition) is 6. The third-order valence-electron chi connectivity index (χ3n) is 4.42. The number of benzene rings is 1. The lowest BCUT2D eigenvalue weighted by molar-refractivity contribution is -0.125. The molecule has 0 aliphatic carbocycles. The molecule has 1 aromatic carbocycles. The van der Waals surface area contributed by atoms with Crippen LogP contribution in [-0.4, -0.2) is 32.5 Å². The molecule has 3 heterocycles. The van der Waals surface area contributed by atoms with Crippen molar-refractivity contribution >= 4 is 28.1 Å². The smallest absolute Gasteiger partial charge is 0.270 e. The first-order valence-electron chi connectivity index (χ1n) is 8.83. The van der Waals surface area contributed by atoms with Crippen LogP contribution in [0, 0.1) is 12.7 Å². The van der Waals surface area contributed by atoms with E-state index >= 15 is 0 Å². The standard InChI is InChI=1S/C19H18FN5O2S/c1-3-25-9-14(11(2)23-25)16-10-28-19(21-16)22-18(26)17-8-15(24-27-17)12-4-6-13(20)7-5-12/h4-7,9-10,17H,3,8H2,1-2H3,(H,21,22,26). The lowest BCUT2D eigenvalue weighted by atomic mass is 10.0. The molecule has 1 N–H and O–H groups in total. The van der Waals surface area contributed by atoms with Crippen molar-refractivity contribution < 1.29 is 14.0 Å². The number of aryl methyl sites for hydroxylation is 2. The zero-order valence-corrected chi connectivity index (χ0v) is 16.2. The molecule has 0 radical (unpaired) electrons. The van der Waals surface area contributed by atoms with Crippen LogP contribution in [0.2, 0.25) is 0 Å². The zero-order chi connectivity index (χ0) is 19.7. The minimum atomic E-state index is -0.739. The Bertz CT molecular complexity index is 1040. The van der Waals surface area contributed by atoms with Crippen LogP contribution in [0.15, 0.2) is 41.0 Å². The number of nitrogens with zero attached hydrogens (tertiary/aromatic N) is 4. The molecule has 1 atom stereocenters. The van der Waals surface area contributed by atoms with E-state index in [4.69, 9.17) is 4.84 Å². The molecular weight excluding hydrogens is 381 g/mol. The summed E-state index contributed by atoms with van der Waals surface area (Å²) in [7, 11) is 0. The number of carbonyl (C=O) groups is 1. The molecular formula is C19H18FN5O2S. The zero-order valence-electron chi connectivity index (χ0n) is 15.3. The van der Waals surface area contributed by atoms with Gasteiger partial charge in [-0.05, 0) is 31.5 Å². The van der Waals surface area contributed by atoms with Gasteiger partial charge in [-0.3, -0.25) is 14.8 Å². The van der Waals surface area contributed by atoms with E-state index in [0.717, 1.165) is 29.1 Å². The summed E-state index contributed by atoms with van der Waals surface area (Å²) in [5.41, 5.74) is 3.95. The van der Waals surface area contributed by atoms with Crippen LogP contribution < -0.4 is 5.32 Å². The average Bonchev–Trinajstić information content (AvgIpc) is 3.41. The Morgan fingerprint density at radius 1 is 1.39 bits per heavy atom. The first kappa shape index (κ1) is 18.3. The highest BCUT2D eigenvalue weighted by molar-refractivity contribution is 7.14. The van der Waals surface area contributed by atoms with E-state index in [1.54, 1.807) is 12.1 Å². The van der Waals surface area contributed by atoms with Crippen molar-refractivity contribution in [3.05, 3.63) is 52.9 Å². The number of aromatic nitrogens is 3. The van der Waals surface area contributed by atoms with E-state index in [-0.39, 0.29) is 11.7 Å².